The summed E-state index contributed by atoms with van der Waals surface area (Å²) >= 11 is 3.38. The average molecular weight is 244 g/mol. The van der Waals surface area contributed by atoms with E-state index in [2.05, 4.69) is 27.8 Å². The molecule has 0 amide bonds. The lowest BCUT2D eigenvalue weighted by molar-refractivity contribution is 0.0963. The molecule has 72 valence electrons. The molecule has 13 heavy (non-hydrogen) atoms. The molecule has 1 unspecified atom stereocenters. The molecule has 0 spiro atoms. The third-order valence-corrected chi connectivity index (χ3v) is 2.52. The van der Waals surface area contributed by atoms with Gasteiger partial charge in [-0.3, -0.25) is 4.98 Å². The Morgan fingerprint density at radius 2 is 2.31 bits per heavy atom. The van der Waals surface area contributed by atoms with Crippen LogP contribution in [0.1, 0.15) is 30.8 Å². The maximum Gasteiger partial charge on any atom is 0.0988 e. The van der Waals surface area contributed by atoms with Gasteiger partial charge in [-0.25, -0.2) is 0 Å². The molecule has 2 nitrogen and oxygen atoms in total. The Morgan fingerprint density at radius 1 is 1.54 bits per heavy atom. The highest BCUT2D eigenvalue weighted by Gasteiger charge is 2.08. The van der Waals surface area contributed by atoms with E-state index in [-0.39, 0.29) is 6.10 Å². The SMILES string of the molecule is CCC(OC)c1cccc(CBr)n1. The van der Waals surface area contributed by atoms with Gasteiger partial charge in [-0.1, -0.05) is 28.9 Å². The lowest BCUT2D eigenvalue weighted by Gasteiger charge is -2.12. The smallest absolute Gasteiger partial charge is 0.0988 e. The van der Waals surface area contributed by atoms with Crippen LogP contribution in [0.3, 0.4) is 0 Å². The Balaban J connectivity index is 2.86. The number of pyridine rings is 1. The van der Waals surface area contributed by atoms with Gasteiger partial charge in [0.25, 0.3) is 0 Å². The fourth-order valence-corrected chi connectivity index (χ4v) is 1.56. The van der Waals surface area contributed by atoms with Gasteiger partial charge in [0.1, 0.15) is 0 Å². The molecule has 1 aromatic rings. The molecule has 0 bridgehead atoms. The fraction of sp³-hybridized carbons (Fsp3) is 0.500. The first-order valence-electron chi connectivity index (χ1n) is 4.36. The van der Waals surface area contributed by atoms with Gasteiger partial charge in [0, 0.05) is 12.4 Å². The normalized spacial score (nSPS) is 12.8. The van der Waals surface area contributed by atoms with Crippen LogP contribution in [0.4, 0.5) is 0 Å². The summed E-state index contributed by atoms with van der Waals surface area (Å²) in [5.41, 5.74) is 2.06. The molecule has 0 fully saturated rings. The molecule has 0 aromatic carbocycles. The van der Waals surface area contributed by atoms with Crippen LogP contribution in [0.25, 0.3) is 0 Å². The zero-order chi connectivity index (χ0) is 9.68. The molecule has 0 saturated heterocycles. The first-order valence-corrected chi connectivity index (χ1v) is 5.48. The van der Waals surface area contributed by atoms with Crippen LogP contribution in [0, 0.1) is 0 Å². The van der Waals surface area contributed by atoms with Gasteiger partial charge in [-0.15, -0.1) is 0 Å². The summed E-state index contributed by atoms with van der Waals surface area (Å²) in [6.45, 7) is 2.09. The molecule has 1 heterocycles. The zero-order valence-corrected chi connectivity index (χ0v) is 9.54. The van der Waals surface area contributed by atoms with E-state index >= 15 is 0 Å². The van der Waals surface area contributed by atoms with Crippen LogP contribution in [-0.4, -0.2) is 12.1 Å². The molecule has 0 aliphatic rings. The van der Waals surface area contributed by atoms with E-state index in [1.165, 1.54) is 0 Å². The number of halogens is 1. The van der Waals surface area contributed by atoms with E-state index < -0.39 is 0 Å². The van der Waals surface area contributed by atoms with Crippen molar-refractivity contribution in [1.29, 1.82) is 0 Å². The van der Waals surface area contributed by atoms with Gasteiger partial charge in [0.05, 0.1) is 17.5 Å². The number of ether oxygens (including phenoxy) is 1. The number of methoxy groups -OCH3 is 1. The van der Waals surface area contributed by atoms with Crippen LogP contribution >= 0.6 is 15.9 Å². The summed E-state index contributed by atoms with van der Waals surface area (Å²) in [6, 6.07) is 6.02. The molecule has 0 saturated carbocycles. The molecule has 0 N–H and O–H groups in total. The lowest BCUT2D eigenvalue weighted by atomic mass is 10.2. The Hall–Kier alpha value is -0.410. The molecule has 1 rings (SSSR count). The second-order valence-electron chi connectivity index (χ2n) is 2.82. The molecule has 1 atom stereocenters. The predicted molar refractivity (Wildman–Crippen MR) is 56.9 cm³/mol. The fourth-order valence-electron chi connectivity index (χ4n) is 1.25. The van der Waals surface area contributed by atoms with E-state index in [1.807, 2.05) is 18.2 Å². The standard InChI is InChI=1S/C10H14BrNO/c1-3-10(13-2)9-6-4-5-8(7-11)12-9/h4-6,10H,3,7H2,1-2H3. The molecule has 0 radical (unpaired) electrons. The van der Waals surface area contributed by atoms with Gasteiger partial charge in [-0.2, -0.15) is 0 Å². The summed E-state index contributed by atoms with van der Waals surface area (Å²) in [5.74, 6) is 0. The summed E-state index contributed by atoms with van der Waals surface area (Å²) in [6.07, 6.45) is 1.08. The maximum absolute atomic E-state index is 5.31. The third-order valence-electron chi connectivity index (χ3n) is 1.95. The molecular formula is C10H14BrNO. The van der Waals surface area contributed by atoms with Gasteiger partial charge in [-0.05, 0) is 18.6 Å². The summed E-state index contributed by atoms with van der Waals surface area (Å²) in [7, 11) is 1.72. The minimum absolute atomic E-state index is 0.124. The Kier molecular flexibility index (Phi) is 4.39. The zero-order valence-electron chi connectivity index (χ0n) is 7.96. The Morgan fingerprint density at radius 3 is 2.85 bits per heavy atom. The number of rotatable bonds is 4. The quantitative estimate of drug-likeness (QED) is 0.759. The van der Waals surface area contributed by atoms with Crippen LogP contribution in [-0.2, 0) is 10.1 Å². The van der Waals surface area contributed by atoms with Crippen molar-refractivity contribution in [3.05, 3.63) is 29.6 Å². The van der Waals surface area contributed by atoms with E-state index in [0.717, 1.165) is 23.1 Å². The Bertz CT molecular complexity index is 261. The number of alkyl halides is 1. The average Bonchev–Trinajstić information content (AvgIpc) is 2.20. The molecule has 1 aromatic heterocycles. The highest BCUT2D eigenvalue weighted by molar-refractivity contribution is 9.08. The molecule has 3 heteroatoms. The summed E-state index contributed by atoms with van der Waals surface area (Å²) in [4.78, 5) is 4.46. The highest BCUT2D eigenvalue weighted by atomic mass is 79.9. The lowest BCUT2D eigenvalue weighted by Crippen LogP contribution is -2.03. The number of aromatic nitrogens is 1. The number of nitrogens with zero attached hydrogens (tertiary/aromatic N) is 1. The van der Waals surface area contributed by atoms with Crippen molar-refractivity contribution < 1.29 is 4.74 Å². The third kappa shape index (κ3) is 2.78. The first-order chi connectivity index (χ1) is 6.31. The van der Waals surface area contributed by atoms with Crippen molar-refractivity contribution in [2.75, 3.05) is 7.11 Å². The van der Waals surface area contributed by atoms with Crippen molar-refractivity contribution in [3.63, 3.8) is 0 Å². The maximum atomic E-state index is 5.31. The van der Waals surface area contributed by atoms with Gasteiger partial charge in [0.2, 0.25) is 0 Å². The van der Waals surface area contributed by atoms with Crippen molar-refractivity contribution in [2.45, 2.75) is 24.8 Å². The molecule has 0 aliphatic carbocycles. The van der Waals surface area contributed by atoms with E-state index in [1.54, 1.807) is 7.11 Å². The van der Waals surface area contributed by atoms with Crippen LogP contribution in [0.15, 0.2) is 18.2 Å². The van der Waals surface area contributed by atoms with E-state index in [4.69, 9.17) is 4.74 Å². The molecular weight excluding hydrogens is 230 g/mol. The minimum Gasteiger partial charge on any atom is -0.375 e. The monoisotopic (exact) mass is 243 g/mol. The van der Waals surface area contributed by atoms with E-state index in [0.29, 0.717) is 0 Å². The van der Waals surface area contributed by atoms with Crippen molar-refractivity contribution in [3.8, 4) is 0 Å². The van der Waals surface area contributed by atoms with Gasteiger partial charge >= 0.3 is 0 Å². The van der Waals surface area contributed by atoms with E-state index in [9.17, 15) is 0 Å². The first kappa shape index (κ1) is 10.7. The Labute approximate surface area is 87.5 Å². The predicted octanol–water partition coefficient (Wildman–Crippen LogP) is 3.07. The second-order valence-corrected chi connectivity index (χ2v) is 3.38. The van der Waals surface area contributed by atoms with Gasteiger partial charge in [0.15, 0.2) is 0 Å². The van der Waals surface area contributed by atoms with Gasteiger partial charge < -0.3 is 4.74 Å². The second kappa shape index (κ2) is 5.35. The van der Waals surface area contributed by atoms with Crippen molar-refractivity contribution >= 4 is 15.9 Å². The topological polar surface area (TPSA) is 22.1 Å². The van der Waals surface area contributed by atoms with Crippen LogP contribution < -0.4 is 0 Å². The van der Waals surface area contributed by atoms with Crippen molar-refractivity contribution in [1.82, 2.24) is 4.98 Å². The minimum atomic E-state index is 0.124. The highest BCUT2D eigenvalue weighted by Crippen LogP contribution is 2.18. The van der Waals surface area contributed by atoms with Crippen molar-refractivity contribution in [2.24, 2.45) is 0 Å². The van der Waals surface area contributed by atoms with Crippen LogP contribution in [0.5, 0.6) is 0 Å². The number of hydrogen-bond donors (Lipinski definition) is 0. The van der Waals surface area contributed by atoms with Crippen LogP contribution in [0.2, 0.25) is 0 Å². The molecule has 0 aliphatic heterocycles. The number of hydrogen-bond acceptors (Lipinski definition) is 2. The summed E-state index contributed by atoms with van der Waals surface area (Å²) < 4.78 is 5.31. The largest absolute Gasteiger partial charge is 0.375 e. The summed E-state index contributed by atoms with van der Waals surface area (Å²) in [5, 5.41) is 0.793.